The van der Waals surface area contributed by atoms with Crippen LogP contribution in [0.1, 0.15) is 12.0 Å². The zero-order valence-electron chi connectivity index (χ0n) is 14.0. The highest BCUT2D eigenvalue weighted by Gasteiger charge is 2.23. The minimum Gasteiger partial charge on any atom is -0.375 e. The third-order valence-electron chi connectivity index (χ3n) is 4.54. The van der Waals surface area contributed by atoms with E-state index in [4.69, 9.17) is 4.74 Å². The second kappa shape index (κ2) is 7.49. The van der Waals surface area contributed by atoms with Crippen molar-refractivity contribution in [1.29, 1.82) is 0 Å². The highest BCUT2D eigenvalue weighted by atomic mass is 16.5. The second-order valence-electron chi connectivity index (χ2n) is 6.05. The number of aromatic nitrogens is 1. The highest BCUT2D eigenvalue weighted by molar-refractivity contribution is 5.84. The molecule has 0 spiro atoms. The molecule has 1 aliphatic rings. The molecule has 0 atom stereocenters. The smallest absolute Gasteiger partial charge is 0.248 e. The number of nitrogens with one attached hydrogen (secondary N) is 1. The highest BCUT2D eigenvalue weighted by Crippen LogP contribution is 2.19. The quantitative estimate of drug-likeness (QED) is 0.902. The van der Waals surface area contributed by atoms with Gasteiger partial charge in [0, 0.05) is 56.8 Å². The van der Waals surface area contributed by atoms with Gasteiger partial charge >= 0.3 is 0 Å². The normalized spacial score (nSPS) is 15.0. The number of para-hydroxylation sites is 1. The summed E-state index contributed by atoms with van der Waals surface area (Å²) in [5, 5.41) is 1.18. The first-order valence-corrected chi connectivity index (χ1v) is 8.28. The Hall–Kier alpha value is -2.34. The number of aryl methyl sites for hydroxylation is 1. The van der Waals surface area contributed by atoms with Crippen LogP contribution in [0, 0.1) is 0 Å². The lowest BCUT2D eigenvalue weighted by Crippen LogP contribution is -2.51. The molecule has 1 N–H and O–H groups in total. The minimum atomic E-state index is -0.0107. The Morgan fingerprint density at radius 1 is 1.08 bits per heavy atom. The Labute approximate surface area is 141 Å². The van der Waals surface area contributed by atoms with Crippen LogP contribution < -0.4 is 0 Å². The zero-order chi connectivity index (χ0) is 16.9. The van der Waals surface area contributed by atoms with Crippen LogP contribution >= 0.6 is 0 Å². The molecule has 6 heteroatoms. The van der Waals surface area contributed by atoms with Crippen molar-refractivity contribution in [1.82, 2.24) is 14.8 Å². The Bertz CT molecular complexity index is 717. The summed E-state index contributed by atoms with van der Waals surface area (Å²) in [5.41, 5.74) is 2.28. The molecule has 1 aromatic heterocycles. The predicted octanol–water partition coefficient (Wildman–Crippen LogP) is 1.42. The van der Waals surface area contributed by atoms with Gasteiger partial charge in [-0.15, -0.1) is 0 Å². The SMILES string of the molecule is COCC(=O)N1CCN(C(=O)CCc2c[nH]c3ccccc23)CC1. The number of amides is 2. The molecular formula is C18H23N3O3. The molecule has 0 bridgehead atoms. The number of benzene rings is 1. The minimum absolute atomic E-state index is 0.0107. The van der Waals surface area contributed by atoms with Gasteiger partial charge in [0.1, 0.15) is 6.61 Å². The number of hydrogen-bond donors (Lipinski definition) is 1. The fourth-order valence-corrected chi connectivity index (χ4v) is 3.16. The van der Waals surface area contributed by atoms with Gasteiger partial charge in [-0.1, -0.05) is 18.2 Å². The van der Waals surface area contributed by atoms with Gasteiger partial charge in [0.25, 0.3) is 0 Å². The summed E-state index contributed by atoms with van der Waals surface area (Å²) < 4.78 is 4.87. The van der Waals surface area contributed by atoms with E-state index in [0.717, 1.165) is 11.9 Å². The van der Waals surface area contributed by atoms with Crippen LogP contribution in [0.5, 0.6) is 0 Å². The van der Waals surface area contributed by atoms with Crippen LogP contribution in [0.2, 0.25) is 0 Å². The summed E-state index contributed by atoms with van der Waals surface area (Å²) in [6, 6.07) is 8.12. The number of ether oxygens (including phenoxy) is 1. The number of carbonyl (C=O) groups excluding carboxylic acids is 2. The van der Waals surface area contributed by atoms with Gasteiger partial charge in [0.2, 0.25) is 11.8 Å². The average Bonchev–Trinajstić information content (AvgIpc) is 3.03. The van der Waals surface area contributed by atoms with Crippen LogP contribution in [-0.2, 0) is 20.7 Å². The topological polar surface area (TPSA) is 65.6 Å². The van der Waals surface area contributed by atoms with Crippen molar-refractivity contribution in [2.24, 2.45) is 0 Å². The Morgan fingerprint density at radius 2 is 1.75 bits per heavy atom. The summed E-state index contributed by atoms with van der Waals surface area (Å²) in [5.74, 6) is 0.141. The number of rotatable bonds is 5. The molecule has 0 radical (unpaired) electrons. The molecular weight excluding hydrogens is 306 g/mol. The second-order valence-corrected chi connectivity index (χ2v) is 6.05. The maximum absolute atomic E-state index is 12.4. The Balaban J connectivity index is 1.50. The van der Waals surface area contributed by atoms with Gasteiger partial charge in [-0.05, 0) is 18.1 Å². The van der Waals surface area contributed by atoms with Crippen LogP contribution in [0.25, 0.3) is 10.9 Å². The number of piperazine rings is 1. The molecule has 0 aliphatic carbocycles. The number of nitrogens with zero attached hydrogens (tertiary/aromatic N) is 2. The molecule has 1 aliphatic heterocycles. The first-order chi connectivity index (χ1) is 11.7. The van der Waals surface area contributed by atoms with Crippen molar-refractivity contribution in [2.75, 3.05) is 39.9 Å². The van der Waals surface area contributed by atoms with E-state index in [1.54, 1.807) is 4.90 Å². The fraction of sp³-hybridized carbons (Fsp3) is 0.444. The first kappa shape index (κ1) is 16.5. The van der Waals surface area contributed by atoms with E-state index < -0.39 is 0 Å². The molecule has 3 rings (SSSR count). The van der Waals surface area contributed by atoms with Gasteiger partial charge in [0.05, 0.1) is 0 Å². The van der Waals surface area contributed by atoms with Crippen LogP contribution in [0.4, 0.5) is 0 Å². The van der Waals surface area contributed by atoms with Crippen molar-refractivity contribution in [3.63, 3.8) is 0 Å². The van der Waals surface area contributed by atoms with Crippen molar-refractivity contribution in [3.05, 3.63) is 36.0 Å². The average molecular weight is 329 g/mol. The van der Waals surface area contributed by atoms with E-state index in [2.05, 4.69) is 11.1 Å². The molecule has 0 unspecified atom stereocenters. The first-order valence-electron chi connectivity index (χ1n) is 8.28. The molecule has 24 heavy (non-hydrogen) atoms. The van der Waals surface area contributed by atoms with E-state index >= 15 is 0 Å². The van der Waals surface area contributed by atoms with Crippen molar-refractivity contribution in [2.45, 2.75) is 12.8 Å². The van der Waals surface area contributed by atoms with Crippen molar-refractivity contribution < 1.29 is 14.3 Å². The maximum atomic E-state index is 12.4. The molecule has 1 fully saturated rings. The number of aromatic amines is 1. The molecule has 6 nitrogen and oxygen atoms in total. The monoisotopic (exact) mass is 329 g/mol. The molecule has 1 saturated heterocycles. The van der Waals surface area contributed by atoms with Gasteiger partial charge < -0.3 is 19.5 Å². The molecule has 2 aromatic rings. The number of methoxy groups -OCH3 is 1. The third-order valence-corrected chi connectivity index (χ3v) is 4.54. The number of fused-ring (bicyclic) bond motifs is 1. The predicted molar refractivity (Wildman–Crippen MR) is 91.7 cm³/mol. The summed E-state index contributed by atoms with van der Waals surface area (Å²) in [4.78, 5) is 31.0. The largest absolute Gasteiger partial charge is 0.375 e. The van der Waals surface area contributed by atoms with E-state index in [1.807, 2.05) is 29.3 Å². The molecule has 128 valence electrons. The van der Waals surface area contributed by atoms with Gasteiger partial charge in [-0.2, -0.15) is 0 Å². The molecule has 0 saturated carbocycles. The molecule has 1 aromatic carbocycles. The Kier molecular flexibility index (Phi) is 5.15. The standard InChI is InChI=1S/C18H23N3O3/c1-24-13-18(23)21-10-8-20(9-11-21)17(22)7-6-14-12-19-16-5-3-2-4-15(14)16/h2-5,12,19H,6-11,13H2,1H3. The lowest BCUT2D eigenvalue weighted by atomic mass is 10.1. The number of hydrogen-bond acceptors (Lipinski definition) is 3. The lowest BCUT2D eigenvalue weighted by molar-refractivity contribution is -0.141. The summed E-state index contributed by atoms with van der Waals surface area (Å²) >= 11 is 0. The maximum Gasteiger partial charge on any atom is 0.248 e. The van der Waals surface area contributed by atoms with Crippen molar-refractivity contribution in [3.8, 4) is 0 Å². The van der Waals surface area contributed by atoms with E-state index in [0.29, 0.717) is 32.6 Å². The van der Waals surface area contributed by atoms with Crippen LogP contribution in [0.3, 0.4) is 0 Å². The third kappa shape index (κ3) is 3.59. The van der Waals surface area contributed by atoms with Gasteiger partial charge in [-0.3, -0.25) is 9.59 Å². The summed E-state index contributed by atoms with van der Waals surface area (Å²) in [6.45, 7) is 2.47. The van der Waals surface area contributed by atoms with E-state index in [1.165, 1.54) is 18.1 Å². The van der Waals surface area contributed by atoms with Crippen molar-refractivity contribution >= 4 is 22.7 Å². The Morgan fingerprint density at radius 3 is 2.46 bits per heavy atom. The van der Waals surface area contributed by atoms with E-state index in [9.17, 15) is 9.59 Å². The summed E-state index contributed by atoms with van der Waals surface area (Å²) in [7, 11) is 1.52. The lowest BCUT2D eigenvalue weighted by Gasteiger charge is -2.34. The fourth-order valence-electron chi connectivity index (χ4n) is 3.16. The van der Waals surface area contributed by atoms with Crippen LogP contribution in [-0.4, -0.2) is 66.5 Å². The summed E-state index contributed by atoms with van der Waals surface area (Å²) in [6.07, 6.45) is 3.21. The number of carbonyl (C=O) groups is 2. The zero-order valence-corrected chi connectivity index (χ0v) is 14.0. The van der Waals surface area contributed by atoms with Gasteiger partial charge in [0.15, 0.2) is 0 Å². The molecule has 2 heterocycles. The van der Waals surface area contributed by atoms with E-state index in [-0.39, 0.29) is 18.4 Å². The van der Waals surface area contributed by atoms with Gasteiger partial charge in [-0.25, -0.2) is 0 Å². The van der Waals surface area contributed by atoms with Crippen LogP contribution in [0.15, 0.2) is 30.5 Å². The number of H-pyrrole nitrogens is 1. The molecule has 2 amide bonds.